The summed E-state index contributed by atoms with van der Waals surface area (Å²) in [6.45, 7) is 8.14. The minimum absolute atomic E-state index is 0.0593. The van der Waals surface area contributed by atoms with Crippen molar-refractivity contribution < 1.29 is 22.7 Å². The van der Waals surface area contributed by atoms with Gasteiger partial charge in [0, 0.05) is 24.7 Å². The van der Waals surface area contributed by atoms with E-state index in [1.807, 2.05) is 0 Å². The monoisotopic (exact) mass is 411 g/mol. The predicted molar refractivity (Wildman–Crippen MR) is 106 cm³/mol. The molecule has 28 heavy (non-hydrogen) atoms. The summed E-state index contributed by atoms with van der Waals surface area (Å²) in [5.74, 6) is -0.207. The normalized spacial score (nSPS) is 16.0. The highest BCUT2D eigenvalue weighted by Crippen LogP contribution is 2.20. The zero-order chi connectivity index (χ0) is 21.1. The van der Waals surface area contributed by atoms with E-state index in [1.54, 1.807) is 38.7 Å². The number of aryl methyl sites for hydroxylation is 1. The second kappa shape index (κ2) is 8.48. The maximum atomic E-state index is 12.9. The van der Waals surface area contributed by atoms with Gasteiger partial charge in [-0.05, 0) is 65.3 Å². The van der Waals surface area contributed by atoms with Crippen molar-refractivity contribution in [3.63, 3.8) is 0 Å². The summed E-state index contributed by atoms with van der Waals surface area (Å²) in [5, 5.41) is 2.84. The topological polar surface area (TPSA) is 105 Å². The number of ether oxygens (including phenoxy) is 1. The van der Waals surface area contributed by atoms with E-state index in [-0.39, 0.29) is 16.8 Å². The molecular formula is C19H29N3O5S. The van der Waals surface area contributed by atoms with Crippen LogP contribution in [0.2, 0.25) is 0 Å². The van der Waals surface area contributed by atoms with Gasteiger partial charge in [0.1, 0.15) is 5.60 Å². The Morgan fingerprint density at radius 3 is 2.32 bits per heavy atom. The van der Waals surface area contributed by atoms with Crippen LogP contribution in [0.4, 0.5) is 4.79 Å². The van der Waals surface area contributed by atoms with Gasteiger partial charge in [-0.2, -0.15) is 0 Å². The number of nitrogens with one attached hydrogen (secondary N) is 2. The maximum absolute atomic E-state index is 12.9. The van der Waals surface area contributed by atoms with Gasteiger partial charge >= 0.3 is 6.09 Å². The molecule has 1 aromatic carbocycles. The molecule has 0 aromatic heterocycles. The molecule has 0 bridgehead atoms. The van der Waals surface area contributed by atoms with Crippen LogP contribution in [0.15, 0.2) is 23.1 Å². The molecule has 156 valence electrons. The second-order valence-electron chi connectivity index (χ2n) is 7.90. The Kier molecular flexibility index (Phi) is 6.71. The van der Waals surface area contributed by atoms with Crippen molar-refractivity contribution >= 4 is 22.0 Å². The SMILES string of the molecule is CNS(=O)(=O)c1ccc(C)c(C(=O)N2CCC(NC(=O)OC(C)(C)C)CC2)c1. The Hall–Kier alpha value is -2.13. The van der Waals surface area contributed by atoms with E-state index < -0.39 is 21.7 Å². The summed E-state index contributed by atoms with van der Waals surface area (Å²) >= 11 is 0. The average molecular weight is 412 g/mol. The van der Waals surface area contributed by atoms with E-state index in [9.17, 15) is 18.0 Å². The zero-order valence-corrected chi connectivity index (χ0v) is 17.9. The van der Waals surface area contributed by atoms with Gasteiger partial charge < -0.3 is 15.0 Å². The van der Waals surface area contributed by atoms with Crippen molar-refractivity contribution in [3.05, 3.63) is 29.3 Å². The van der Waals surface area contributed by atoms with E-state index in [0.717, 1.165) is 0 Å². The lowest BCUT2D eigenvalue weighted by molar-refractivity contribution is 0.0473. The van der Waals surface area contributed by atoms with Crippen molar-refractivity contribution in [2.75, 3.05) is 20.1 Å². The molecule has 1 aromatic rings. The van der Waals surface area contributed by atoms with Gasteiger partial charge in [-0.25, -0.2) is 17.9 Å². The number of carbonyl (C=O) groups is 2. The van der Waals surface area contributed by atoms with Gasteiger partial charge in [0.2, 0.25) is 10.0 Å². The molecular weight excluding hydrogens is 382 g/mol. The fourth-order valence-electron chi connectivity index (χ4n) is 2.99. The van der Waals surface area contributed by atoms with Crippen LogP contribution in [0.3, 0.4) is 0 Å². The molecule has 1 fully saturated rings. The highest BCUT2D eigenvalue weighted by Gasteiger charge is 2.27. The number of sulfonamides is 1. The molecule has 9 heteroatoms. The fourth-order valence-corrected chi connectivity index (χ4v) is 3.74. The fraction of sp³-hybridized carbons (Fsp3) is 0.579. The quantitative estimate of drug-likeness (QED) is 0.789. The van der Waals surface area contributed by atoms with Crippen LogP contribution in [-0.2, 0) is 14.8 Å². The predicted octanol–water partition coefficient (Wildman–Crippen LogP) is 2.03. The first-order chi connectivity index (χ1) is 12.9. The number of hydrogen-bond donors (Lipinski definition) is 2. The summed E-state index contributed by atoms with van der Waals surface area (Å²) < 4.78 is 31.6. The summed E-state index contributed by atoms with van der Waals surface area (Å²) in [4.78, 5) is 26.5. The molecule has 1 saturated heterocycles. The Morgan fingerprint density at radius 2 is 1.79 bits per heavy atom. The molecule has 0 aliphatic carbocycles. The minimum atomic E-state index is -3.62. The van der Waals surface area contributed by atoms with E-state index in [4.69, 9.17) is 4.74 Å². The zero-order valence-electron chi connectivity index (χ0n) is 17.0. The van der Waals surface area contributed by atoms with E-state index >= 15 is 0 Å². The number of hydrogen-bond acceptors (Lipinski definition) is 5. The van der Waals surface area contributed by atoms with Crippen LogP contribution >= 0.6 is 0 Å². The summed E-state index contributed by atoms with van der Waals surface area (Å²) in [5.41, 5.74) is 0.528. The summed E-state index contributed by atoms with van der Waals surface area (Å²) in [7, 11) is -2.29. The van der Waals surface area contributed by atoms with Gasteiger partial charge in [-0.3, -0.25) is 4.79 Å². The minimum Gasteiger partial charge on any atom is -0.444 e. The Morgan fingerprint density at radius 1 is 1.18 bits per heavy atom. The number of carbonyl (C=O) groups excluding carboxylic acids is 2. The number of likely N-dealkylation sites (tertiary alicyclic amines) is 1. The first-order valence-electron chi connectivity index (χ1n) is 9.26. The maximum Gasteiger partial charge on any atom is 0.407 e. The lowest BCUT2D eigenvalue weighted by Crippen LogP contribution is -2.47. The van der Waals surface area contributed by atoms with Crippen LogP contribution in [0, 0.1) is 6.92 Å². The first-order valence-corrected chi connectivity index (χ1v) is 10.7. The number of benzene rings is 1. The first kappa shape index (κ1) is 22.2. The van der Waals surface area contributed by atoms with E-state index in [0.29, 0.717) is 37.1 Å². The third-order valence-corrected chi connectivity index (χ3v) is 5.93. The molecule has 1 aliphatic rings. The van der Waals surface area contributed by atoms with Gasteiger partial charge in [-0.1, -0.05) is 6.07 Å². The number of piperidine rings is 1. The van der Waals surface area contributed by atoms with Crippen LogP contribution < -0.4 is 10.0 Å². The van der Waals surface area contributed by atoms with Gasteiger partial charge in [0.15, 0.2) is 0 Å². The standard InChI is InChI=1S/C19H29N3O5S/c1-13-6-7-15(28(25,26)20-5)12-16(13)17(23)22-10-8-14(9-11-22)21-18(24)27-19(2,3)4/h6-7,12,14,20H,8-11H2,1-5H3,(H,21,24). The molecule has 0 unspecified atom stereocenters. The van der Waals surface area contributed by atoms with Gasteiger partial charge in [-0.15, -0.1) is 0 Å². The number of amides is 2. The molecule has 1 aliphatic heterocycles. The second-order valence-corrected chi connectivity index (χ2v) is 9.78. The number of rotatable bonds is 4. The molecule has 8 nitrogen and oxygen atoms in total. The number of alkyl carbamates (subject to hydrolysis) is 1. The summed E-state index contributed by atoms with van der Waals surface area (Å²) in [6, 6.07) is 4.47. The van der Waals surface area contributed by atoms with E-state index in [1.165, 1.54) is 19.2 Å². The Labute approximate surface area is 166 Å². The Balaban J connectivity index is 2.02. The lowest BCUT2D eigenvalue weighted by atomic mass is 10.0. The molecule has 2 amide bonds. The summed E-state index contributed by atoms with van der Waals surface area (Å²) in [6.07, 6.45) is 0.759. The van der Waals surface area contributed by atoms with Crippen LogP contribution in [0.1, 0.15) is 49.5 Å². The molecule has 0 radical (unpaired) electrons. The van der Waals surface area contributed by atoms with Crippen molar-refractivity contribution in [1.82, 2.24) is 14.9 Å². The molecule has 0 spiro atoms. The van der Waals surface area contributed by atoms with Crippen molar-refractivity contribution in [2.45, 2.75) is 57.1 Å². The highest BCUT2D eigenvalue weighted by atomic mass is 32.2. The molecule has 2 N–H and O–H groups in total. The smallest absolute Gasteiger partial charge is 0.407 e. The molecule has 0 atom stereocenters. The largest absolute Gasteiger partial charge is 0.444 e. The van der Waals surface area contributed by atoms with E-state index in [2.05, 4.69) is 10.0 Å². The highest BCUT2D eigenvalue weighted by molar-refractivity contribution is 7.89. The van der Waals surface area contributed by atoms with Crippen molar-refractivity contribution in [3.8, 4) is 0 Å². The molecule has 0 saturated carbocycles. The van der Waals surface area contributed by atoms with Crippen LogP contribution in [0.25, 0.3) is 0 Å². The van der Waals surface area contributed by atoms with Crippen LogP contribution in [-0.4, -0.2) is 57.1 Å². The van der Waals surface area contributed by atoms with Gasteiger partial charge in [0.25, 0.3) is 5.91 Å². The Bertz CT molecular complexity index is 838. The molecule has 2 rings (SSSR count). The number of nitrogens with zero attached hydrogens (tertiary/aromatic N) is 1. The average Bonchev–Trinajstić information content (AvgIpc) is 2.60. The third-order valence-electron chi connectivity index (χ3n) is 4.52. The van der Waals surface area contributed by atoms with Crippen molar-refractivity contribution in [1.29, 1.82) is 0 Å². The van der Waals surface area contributed by atoms with Crippen LogP contribution in [0.5, 0.6) is 0 Å². The lowest BCUT2D eigenvalue weighted by Gasteiger charge is -2.33. The molecule has 1 heterocycles. The third kappa shape index (κ3) is 5.68. The van der Waals surface area contributed by atoms with Gasteiger partial charge in [0.05, 0.1) is 4.90 Å². The van der Waals surface area contributed by atoms with Crippen molar-refractivity contribution in [2.24, 2.45) is 0 Å².